The summed E-state index contributed by atoms with van der Waals surface area (Å²) in [5.74, 6) is 0.356. The highest BCUT2D eigenvalue weighted by Crippen LogP contribution is 2.34. The van der Waals surface area contributed by atoms with E-state index in [1.54, 1.807) is 68.4 Å². The summed E-state index contributed by atoms with van der Waals surface area (Å²) in [6.07, 6.45) is 3.21. The summed E-state index contributed by atoms with van der Waals surface area (Å²) in [6, 6.07) is 19.3. The van der Waals surface area contributed by atoms with Crippen molar-refractivity contribution >= 4 is 33.4 Å². The maximum Gasteiger partial charge on any atom is 0.264 e. The number of rotatable bonds is 9. The molecule has 9 nitrogen and oxygen atoms in total. The van der Waals surface area contributed by atoms with Gasteiger partial charge in [0, 0.05) is 35.3 Å². The number of aryl methyl sites for hydroxylation is 1. The predicted molar refractivity (Wildman–Crippen MR) is 156 cm³/mol. The summed E-state index contributed by atoms with van der Waals surface area (Å²) < 4.78 is 40.4. The van der Waals surface area contributed by atoms with E-state index in [0.717, 1.165) is 5.56 Å². The van der Waals surface area contributed by atoms with Crippen molar-refractivity contribution in [3.05, 3.63) is 107 Å². The number of oxazole rings is 1. The normalized spacial score (nSPS) is 11.4. The average molecular weight is 591 g/mol. The zero-order valence-corrected chi connectivity index (χ0v) is 24.2. The van der Waals surface area contributed by atoms with Gasteiger partial charge in [0.2, 0.25) is 17.7 Å². The quantitative estimate of drug-likeness (QED) is 0.215. The van der Waals surface area contributed by atoms with Crippen LogP contribution in [0.1, 0.15) is 22.4 Å². The Hall–Kier alpha value is -4.41. The third-order valence-electron chi connectivity index (χ3n) is 6.74. The number of nitrogens with one attached hydrogen (secondary N) is 1. The molecule has 0 aliphatic carbocycles. The second-order valence-corrected chi connectivity index (χ2v) is 11.7. The van der Waals surface area contributed by atoms with Gasteiger partial charge in [0.15, 0.2) is 0 Å². The molecule has 0 aliphatic heterocycles. The molecule has 1 amide bonds. The van der Waals surface area contributed by atoms with Gasteiger partial charge in [-0.25, -0.2) is 18.1 Å². The molecule has 5 rings (SSSR count). The number of hydrogen-bond donors (Lipinski definition) is 1. The Kier molecular flexibility index (Phi) is 7.96. The third-order valence-corrected chi connectivity index (χ3v) is 8.38. The number of halogens is 1. The maximum atomic E-state index is 13.6. The molecule has 210 valence electrons. The molecule has 11 heteroatoms. The first-order valence-electron chi connectivity index (χ1n) is 12.7. The zero-order valence-electron chi connectivity index (χ0n) is 22.6. The van der Waals surface area contributed by atoms with E-state index in [1.165, 1.54) is 12.3 Å². The standard InChI is InChI=1S/C30H27ClN4O5S/c1-19-20(2)33-40-29(19)34-41(37,38)27-7-5-4-6-26(27)25-13-10-22(30-32-14-15-39-30)17-23(25)18-35(3)28(36)16-21-8-11-24(31)12-9-21/h4-15,17,34H,16,18H2,1-3H3. The number of aromatic nitrogens is 2. The fourth-order valence-corrected chi connectivity index (χ4v) is 5.75. The second-order valence-electron chi connectivity index (χ2n) is 9.59. The lowest BCUT2D eigenvalue weighted by molar-refractivity contribution is -0.129. The monoisotopic (exact) mass is 590 g/mol. The average Bonchev–Trinajstić information content (AvgIpc) is 3.61. The van der Waals surface area contributed by atoms with E-state index in [4.69, 9.17) is 20.5 Å². The number of nitrogens with zero attached hydrogens (tertiary/aromatic N) is 3. The number of amides is 1. The van der Waals surface area contributed by atoms with Gasteiger partial charge in [0.05, 0.1) is 23.2 Å². The Labute approximate surface area is 242 Å². The fourth-order valence-electron chi connectivity index (χ4n) is 4.35. The van der Waals surface area contributed by atoms with Crippen LogP contribution in [0.25, 0.3) is 22.6 Å². The van der Waals surface area contributed by atoms with Crippen molar-refractivity contribution in [2.45, 2.75) is 31.7 Å². The molecule has 0 fully saturated rings. The predicted octanol–water partition coefficient (Wildman–Crippen LogP) is 6.27. The lowest BCUT2D eigenvalue weighted by Crippen LogP contribution is -2.28. The van der Waals surface area contributed by atoms with E-state index in [1.807, 2.05) is 24.3 Å². The van der Waals surface area contributed by atoms with Crippen LogP contribution in [-0.4, -0.2) is 36.4 Å². The van der Waals surface area contributed by atoms with Crippen LogP contribution in [0.4, 0.5) is 5.88 Å². The summed E-state index contributed by atoms with van der Waals surface area (Å²) in [4.78, 5) is 19.1. The molecule has 41 heavy (non-hydrogen) atoms. The molecule has 0 aliphatic rings. The molecule has 2 heterocycles. The topological polar surface area (TPSA) is 119 Å². The van der Waals surface area contributed by atoms with Gasteiger partial charge in [0.25, 0.3) is 10.0 Å². The van der Waals surface area contributed by atoms with Gasteiger partial charge in [-0.1, -0.05) is 53.2 Å². The molecule has 0 saturated heterocycles. The third kappa shape index (κ3) is 6.18. The highest BCUT2D eigenvalue weighted by Gasteiger charge is 2.25. The number of benzene rings is 3. The minimum atomic E-state index is -4.07. The molecule has 0 saturated carbocycles. The molecule has 0 spiro atoms. The summed E-state index contributed by atoms with van der Waals surface area (Å²) in [5, 5.41) is 4.44. The summed E-state index contributed by atoms with van der Waals surface area (Å²) in [5.41, 5.74) is 4.52. The van der Waals surface area contributed by atoms with Gasteiger partial charge < -0.3 is 13.8 Å². The van der Waals surface area contributed by atoms with Crippen LogP contribution < -0.4 is 4.72 Å². The molecule has 2 aromatic heterocycles. The van der Waals surface area contributed by atoms with Crippen LogP contribution in [0.2, 0.25) is 5.02 Å². The van der Waals surface area contributed by atoms with Gasteiger partial charge in [0.1, 0.15) is 6.26 Å². The molecule has 3 aromatic carbocycles. The van der Waals surface area contributed by atoms with Gasteiger partial charge in [-0.3, -0.25) is 4.79 Å². The molecule has 5 aromatic rings. The fraction of sp³-hybridized carbons (Fsp3) is 0.167. The Morgan fingerprint density at radius 1 is 1.02 bits per heavy atom. The number of likely N-dealkylation sites (N-methyl/N-ethyl adjacent to an activating group) is 1. The smallest absolute Gasteiger partial charge is 0.264 e. The Morgan fingerprint density at radius 3 is 2.46 bits per heavy atom. The number of carbonyl (C=O) groups is 1. The highest BCUT2D eigenvalue weighted by atomic mass is 35.5. The van der Waals surface area contributed by atoms with Crippen molar-refractivity contribution in [3.63, 3.8) is 0 Å². The first-order valence-corrected chi connectivity index (χ1v) is 14.5. The van der Waals surface area contributed by atoms with E-state index in [-0.39, 0.29) is 29.7 Å². The Morgan fingerprint density at radius 2 is 1.78 bits per heavy atom. The molecule has 0 atom stereocenters. The molecule has 0 radical (unpaired) electrons. The van der Waals surface area contributed by atoms with Crippen molar-refractivity contribution < 1.29 is 22.2 Å². The van der Waals surface area contributed by atoms with Crippen LogP contribution in [-0.2, 0) is 27.8 Å². The van der Waals surface area contributed by atoms with E-state index < -0.39 is 10.0 Å². The van der Waals surface area contributed by atoms with Crippen molar-refractivity contribution in [3.8, 4) is 22.6 Å². The van der Waals surface area contributed by atoms with Gasteiger partial charge in [-0.05, 0) is 60.9 Å². The number of hydrogen-bond acceptors (Lipinski definition) is 7. The first-order chi connectivity index (χ1) is 19.6. The first kappa shape index (κ1) is 28.1. The Balaban J connectivity index is 1.52. The summed E-state index contributed by atoms with van der Waals surface area (Å²) in [7, 11) is -2.36. The Bertz CT molecular complexity index is 1800. The van der Waals surface area contributed by atoms with Crippen LogP contribution in [0.3, 0.4) is 0 Å². The van der Waals surface area contributed by atoms with Crippen molar-refractivity contribution in [2.75, 3.05) is 11.8 Å². The molecule has 0 bridgehead atoms. The van der Waals surface area contributed by atoms with Crippen molar-refractivity contribution in [1.82, 2.24) is 15.0 Å². The SMILES string of the molecule is Cc1noc(NS(=O)(=O)c2ccccc2-c2ccc(-c3ncco3)cc2CN(C)C(=O)Cc2ccc(Cl)cc2)c1C. The molecular weight excluding hydrogens is 564 g/mol. The second kappa shape index (κ2) is 11.6. The van der Waals surface area contributed by atoms with Gasteiger partial charge >= 0.3 is 0 Å². The van der Waals surface area contributed by atoms with E-state index in [9.17, 15) is 13.2 Å². The van der Waals surface area contributed by atoms with Crippen LogP contribution in [0.15, 0.2) is 93.0 Å². The zero-order chi connectivity index (χ0) is 29.1. The van der Waals surface area contributed by atoms with E-state index >= 15 is 0 Å². The molecular formula is C30H27ClN4O5S. The highest BCUT2D eigenvalue weighted by molar-refractivity contribution is 7.92. The van der Waals surface area contributed by atoms with E-state index in [2.05, 4.69) is 14.9 Å². The largest absolute Gasteiger partial charge is 0.445 e. The number of anilines is 1. The van der Waals surface area contributed by atoms with Gasteiger partial charge in [-0.15, -0.1) is 0 Å². The van der Waals surface area contributed by atoms with Crippen LogP contribution in [0, 0.1) is 13.8 Å². The van der Waals surface area contributed by atoms with Gasteiger partial charge in [-0.2, -0.15) is 0 Å². The molecule has 1 N–H and O–H groups in total. The number of carbonyl (C=O) groups excluding carboxylic acids is 1. The molecule has 0 unspecified atom stereocenters. The lowest BCUT2D eigenvalue weighted by atomic mass is 9.96. The minimum Gasteiger partial charge on any atom is -0.445 e. The summed E-state index contributed by atoms with van der Waals surface area (Å²) >= 11 is 5.99. The minimum absolute atomic E-state index is 0.0497. The summed E-state index contributed by atoms with van der Waals surface area (Å²) in [6.45, 7) is 3.67. The lowest BCUT2D eigenvalue weighted by Gasteiger charge is -2.21. The van der Waals surface area contributed by atoms with Crippen LogP contribution >= 0.6 is 11.6 Å². The van der Waals surface area contributed by atoms with Crippen LogP contribution in [0.5, 0.6) is 0 Å². The number of sulfonamides is 1. The van der Waals surface area contributed by atoms with Crippen molar-refractivity contribution in [1.29, 1.82) is 0 Å². The van der Waals surface area contributed by atoms with E-state index in [0.29, 0.717) is 44.4 Å². The van der Waals surface area contributed by atoms with Crippen molar-refractivity contribution in [2.24, 2.45) is 0 Å². The maximum absolute atomic E-state index is 13.6.